The van der Waals surface area contributed by atoms with Crippen LogP contribution in [0.5, 0.6) is 0 Å². The molecule has 2 saturated carbocycles. The van der Waals surface area contributed by atoms with E-state index >= 15 is 0 Å². The molecule has 1 atom stereocenters. The first kappa shape index (κ1) is 5.72. The SMILES string of the molecule is NC[C@H]1CC12CCCC2. The highest BCUT2D eigenvalue weighted by atomic mass is 14.7. The highest BCUT2D eigenvalue weighted by molar-refractivity contribution is 5.04. The maximum absolute atomic E-state index is 5.59. The molecule has 0 heterocycles. The van der Waals surface area contributed by atoms with E-state index in [1.165, 1.54) is 32.1 Å². The predicted molar refractivity (Wildman–Crippen MR) is 38.1 cm³/mol. The molecule has 9 heavy (non-hydrogen) atoms. The fraction of sp³-hybridized carbons (Fsp3) is 1.00. The molecule has 0 amide bonds. The predicted octanol–water partition coefficient (Wildman–Crippen LogP) is 1.53. The Morgan fingerprint density at radius 2 is 2.00 bits per heavy atom. The number of hydrogen-bond donors (Lipinski definition) is 1. The molecule has 0 aromatic carbocycles. The van der Waals surface area contributed by atoms with Gasteiger partial charge >= 0.3 is 0 Å². The molecule has 0 radical (unpaired) electrons. The lowest BCUT2D eigenvalue weighted by molar-refractivity contribution is 0.474. The maximum atomic E-state index is 5.59. The summed E-state index contributed by atoms with van der Waals surface area (Å²) < 4.78 is 0. The molecular formula is C8H15N. The van der Waals surface area contributed by atoms with Crippen molar-refractivity contribution in [3.63, 3.8) is 0 Å². The summed E-state index contributed by atoms with van der Waals surface area (Å²) in [5.41, 5.74) is 6.37. The minimum absolute atomic E-state index is 0.786. The van der Waals surface area contributed by atoms with Gasteiger partial charge in [-0.2, -0.15) is 0 Å². The molecule has 0 aromatic heterocycles. The van der Waals surface area contributed by atoms with Gasteiger partial charge in [-0.15, -0.1) is 0 Å². The highest BCUT2D eigenvalue weighted by Gasteiger charge is 2.53. The molecule has 1 spiro atoms. The van der Waals surface area contributed by atoms with E-state index in [1.54, 1.807) is 0 Å². The zero-order valence-electron chi connectivity index (χ0n) is 5.90. The third kappa shape index (κ3) is 0.710. The van der Waals surface area contributed by atoms with Crippen LogP contribution in [0.2, 0.25) is 0 Å². The van der Waals surface area contributed by atoms with Crippen LogP contribution < -0.4 is 5.73 Å². The lowest BCUT2D eigenvalue weighted by Gasteiger charge is -2.04. The van der Waals surface area contributed by atoms with Crippen LogP contribution in [0.1, 0.15) is 32.1 Å². The topological polar surface area (TPSA) is 26.0 Å². The first-order valence-electron chi connectivity index (χ1n) is 4.07. The Bertz CT molecular complexity index is 114. The van der Waals surface area contributed by atoms with E-state index in [0.29, 0.717) is 0 Å². The van der Waals surface area contributed by atoms with Crippen LogP contribution in [-0.4, -0.2) is 6.54 Å². The summed E-state index contributed by atoms with van der Waals surface area (Å²) in [5, 5.41) is 0. The van der Waals surface area contributed by atoms with Crippen LogP contribution in [0.3, 0.4) is 0 Å². The first-order valence-corrected chi connectivity index (χ1v) is 4.07. The van der Waals surface area contributed by atoms with Crippen LogP contribution in [0, 0.1) is 11.3 Å². The van der Waals surface area contributed by atoms with Crippen molar-refractivity contribution in [1.82, 2.24) is 0 Å². The van der Waals surface area contributed by atoms with E-state index in [-0.39, 0.29) is 0 Å². The average Bonchev–Trinajstić information content (AvgIpc) is 2.30. The summed E-state index contributed by atoms with van der Waals surface area (Å²) in [6, 6.07) is 0. The maximum Gasteiger partial charge on any atom is -0.00433 e. The van der Waals surface area contributed by atoms with Crippen molar-refractivity contribution in [3.05, 3.63) is 0 Å². The molecule has 0 aromatic rings. The standard InChI is InChI=1S/C8H15N/c9-6-7-5-8(7)3-1-2-4-8/h7H,1-6,9H2/t7-/m1/s1. The zero-order chi connectivity index (χ0) is 6.32. The van der Waals surface area contributed by atoms with Gasteiger partial charge in [-0.05, 0) is 37.1 Å². The molecule has 0 bridgehead atoms. The smallest absolute Gasteiger partial charge is 0.00433 e. The van der Waals surface area contributed by atoms with Crippen molar-refractivity contribution in [2.45, 2.75) is 32.1 Å². The quantitative estimate of drug-likeness (QED) is 0.565. The molecule has 52 valence electrons. The van der Waals surface area contributed by atoms with Gasteiger partial charge in [0.1, 0.15) is 0 Å². The molecule has 0 saturated heterocycles. The van der Waals surface area contributed by atoms with Gasteiger partial charge in [-0.1, -0.05) is 12.8 Å². The van der Waals surface area contributed by atoms with Crippen molar-refractivity contribution in [2.75, 3.05) is 6.54 Å². The molecule has 1 heteroatoms. The van der Waals surface area contributed by atoms with Crippen LogP contribution >= 0.6 is 0 Å². The van der Waals surface area contributed by atoms with E-state index in [0.717, 1.165) is 17.9 Å². The van der Waals surface area contributed by atoms with E-state index in [2.05, 4.69) is 0 Å². The molecule has 2 fully saturated rings. The molecule has 0 aliphatic heterocycles. The highest BCUT2D eigenvalue weighted by Crippen LogP contribution is 2.62. The summed E-state index contributed by atoms with van der Waals surface area (Å²) in [4.78, 5) is 0. The Morgan fingerprint density at radius 3 is 2.44 bits per heavy atom. The Hall–Kier alpha value is -0.0400. The summed E-state index contributed by atoms with van der Waals surface area (Å²) in [7, 11) is 0. The fourth-order valence-electron chi connectivity index (χ4n) is 2.46. The van der Waals surface area contributed by atoms with E-state index in [4.69, 9.17) is 5.73 Å². The van der Waals surface area contributed by atoms with Crippen LogP contribution in [0.25, 0.3) is 0 Å². The van der Waals surface area contributed by atoms with Gasteiger partial charge in [-0.3, -0.25) is 0 Å². The summed E-state index contributed by atoms with van der Waals surface area (Å²) in [6.45, 7) is 0.944. The molecule has 2 aliphatic rings. The lowest BCUT2D eigenvalue weighted by Crippen LogP contribution is -2.07. The largest absolute Gasteiger partial charge is 0.330 e. The van der Waals surface area contributed by atoms with Crippen molar-refractivity contribution < 1.29 is 0 Å². The van der Waals surface area contributed by atoms with Gasteiger partial charge in [0.25, 0.3) is 0 Å². The summed E-state index contributed by atoms with van der Waals surface area (Å²) >= 11 is 0. The molecule has 2 aliphatic carbocycles. The van der Waals surface area contributed by atoms with E-state index in [1.807, 2.05) is 0 Å². The third-order valence-electron chi connectivity index (χ3n) is 3.24. The number of hydrogen-bond acceptors (Lipinski definition) is 1. The number of nitrogens with two attached hydrogens (primary N) is 1. The molecular weight excluding hydrogens is 110 g/mol. The number of rotatable bonds is 1. The van der Waals surface area contributed by atoms with Crippen LogP contribution in [0.4, 0.5) is 0 Å². The molecule has 0 unspecified atom stereocenters. The monoisotopic (exact) mass is 125 g/mol. The van der Waals surface area contributed by atoms with Gasteiger partial charge in [0.15, 0.2) is 0 Å². The normalized spacial score (nSPS) is 37.7. The minimum atomic E-state index is 0.786. The minimum Gasteiger partial charge on any atom is -0.330 e. The van der Waals surface area contributed by atoms with Crippen molar-refractivity contribution in [2.24, 2.45) is 17.1 Å². The Balaban J connectivity index is 1.97. The average molecular weight is 125 g/mol. The van der Waals surface area contributed by atoms with Gasteiger partial charge in [0.05, 0.1) is 0 Å². The second kappa shape index (κ2) is 1.72. The van der Waals surface area contributed by atoms with Crippen molar-refractivity contribution >= 4 is 0 Å². The molecule has 2 rings (SSSR count). The molecule has 2 N–H and O–H groups in total. The van der Waals surface area contributed by atoms with Crippen LogP contribution in [0.15, 0.2) is 0 Å². The third-order valence-corrected chi connectivity index (χ3v) is 3.24. The van der Waals surface area contributed by atoms with Crippen molar-refractivity contribution in [3.8, 4) is 0 Å². The Labute approximate surface area is 56.6 Å². The van der Waals surface area contributed by atoms with Crippen LogP contribution in [-0.2, 0) is 0 Å². The lowest BCUT2D eigenvalue weighted by atomic mass is 10.0. The van der Waals surface area contributed by atoms with E-state index in [9.17, 15) is 0 Å². The second-order valence-electron chi connectivity index (χ2n) is 3.71. The zero-order valence-corrected chi connectivity index (χ0v) is 5.90. The summed E-state index contributed by atoms with van der Waals surface area (Å²) in [5.74, 6) is 0.917. The van der Waals surface area contributed by atoms with Crippen molar-refractivity contribution in [1.29, 1.82) is 0 Å². The molecule has 1 nitrogen and oxygen atoms in total. The van der Waals surface area contributed by atoms with Gasteiger partial charge in [-0.25, -0.2) is 0 Å². The van der Waals surface area contributed by atoms with Gasteiger partial charge in [0.2, 0.25) is 0 Å². The summed E-state index contributed by atoms with van der Waals surface area (Å²) in [6.07, 6.45) is 7.35. The Morgan fingerprint density at radius 1 is 1.33 bits per heavy atom. The van der Waals surface area contributed by atoms with Gasteiger partial charge in [0, 0.05) is 0 Å². The van der Waals surface area contributed by atoms with Gasteiger partial charge < -0.3 is 5.73 Å². The van der Waals surface area contributed by atoms with E-state index < -0.39 is 0 Å². The fourth-order valence-corrected chi connectivity index (χ4v) is 2.46. The Kier molecular flexibility index (Phi) is 1.10. The second-order valence-corrected chi connectivity index (χ2v) is 3.71. The first-order chi connectivity index (χ1) is 4.37.